The number of aromatic nitrogens is 3. The van der Waals surface area contributed by atoms with Crippen molar-refractivity contribution in [2.75, 3.05) is 0 Å². The van der Waals surface area contributed by atoms with Gasteiger partial charge in [-0.3, -0.25) is 0 Å². The second-order valence-electron chi connectivity index (χ2n) is 13.6. The maximum atomic E-state index is 5.30. The van der Waals surface area contributed by atoms with E-state index in [-0.39, 0.29) is 0 Å². The summed E-state index contributed by atoms with van der Waals surface area (Å²) in [6, 6.07) is 62.6. The van der Waals surface area contributed by atoms with Crippen LogP contribution in [0.5, 0.6) is 0 Å². The van der Waals surface area contributed by atoms with E-state index >= 15 is 0 Å². The van der Waals surface area contributed by atoms with Gasteiger partial charge in [0.2, 0.25) is 0 Å². The molecule has 0 spiro atoms. The van der Waals surface area contributed by atoms with Gasteiger partial charge in [0.1, 0.15) is 0 Å². The SMILES string of the molecule is c1cc(-c2ccc3ccc4ccccc4c3n2)cc(-c2ccc3ccc4ccc(-c5ccc6c7ccccc7c7ccccc7c6c5)nc4c3n2)c1. The van der Waals surface area contributed by atoms with Gasteiger partial charge >= 0.3 is 0 Å². The molecule has 3 aromatic heterocycles. The Balaban J connectivity index is 1.03. The molecule has 3 heteroatoms. The summed E-state index contributed by atoms with van der Waals surface area (Å²) in [6.07, 6.45) is 0. The van der Waals surface area contributed by atoms with Crippen molar-refractivity contribution in [2.24, 2.45) is 0 Å². The van der Waals surface area contributed by atoms with Crippen molar-refractivity contribution in [1.29, 1.82) is 0 Å². The lowest BCUT2D eigenvalue weighted by Gasteiger charge is -2.12. The van der Waals surface area contributed by atoms with Crippen molar-refractivity contribution in [3.05, 3.63) is 176 Å². The van der Waals surface area contributed by atoms with Crippen LogP contribution in [0.1, 0.15) is 0 Å². The zero-order valence-corrected chi connectivity index (χ0v) is 28.1. The lowest BCUT2D eigenvalue weighted by atomic mass is 9.93. The van der Waals surface area contributed by atoms with E-state index in [2.05, 4.69) is 176 Å². The Labute approximate surface area is 299 Å². The fourth-order valence-corrected chi connectivity index (χ4v) is 8.01. The van der Waals surface area contributed by atoms with E-state index in [0.717, 1.165) is 66.5 Å². The molecule has 0 atom stereocenters. The molecule has 11 rings (SSSR count). The van der Waals surface area contributed by atoms with Crippen LogP contribution in [0.15, 0.2) is 176 Å². The molecule has 0 aliphatic carbocycles. The Morgan fingerprint density at radius 3 is 1.21 bits per heavy atom. The van der Waals surface area contributed by atoms with Crippen LogP contribution < -0.4 is 0 Å². The minimum Gasteiger partial charge on any atom is -0.247 e. The van der Waals surface area contributed by atoms with E-state index in [1.54, 1.807) is 0 Å². The number of hydrogen-bond acceptors (Lipinski definition) is 3. The Kier molecular flexibility index (Phi) is 6.25. The molecule has 0 radical (unpaired) electrons. The van der Waals surface area contributed by atoms with Gasteiger partial charge in [-0.2, -0.15) is 0 Å². The van der Waals surface area contributed by atoms with Crippen LogP contribution in [-0.2, 0) is 0 Å². The summed E-state index contributed by atoms with van der Waals surface area (Å²) < 4.78 is 0. The minimum atomic E-state index is 0.898. The normalized spacial score (nSPS) is 11.8. The highest BCUT2D eigenvalue weighted by atomic mass is 14.8. The zero-order valence-electron chi connectivity index (χ0n) is 28.1. The molecular weight excluding hydrogens is 631 g/mol. The van der Waals surface area contributed by atoms with Gasteiger partial charge in [0.25, 0.3) is 0 Å². The molecule has 3 nitrogen and oxygen atoms in total. The first-order valence-corrected chi connectivity index (χ1v) is 17.7. The highest BCUT2D eigenvalue weighted by Gasteiger charge is 2.13. The number of pyridine rings is 3. The second kappa shape index (κ2) is 11.3. The third-order valence-electron chi connectivity index (χ3n) is 10.6. The van der Waals surface area contributed by atoms with E-state index in [1.165, 1.54) is 43.1 Å². The second-order valence-corrected chi connectivity index (χ2v) is 13.6. The predicted octanol–water partition coefficient (Wildman–Crippen LogP) is 12.9. The van der Waals surface area contributed by atoms with Crippen molar-refractivity contribution in [3.63, 3.8) is 0 Å². The van der Waals surface area contributed by atoms with Gasteiger partial charge in [0.15, 0.2) is 0 Å². The van der Waals surface area contributed by atoms with Gasteiger partial charge in [-0.15, -0.1) is 0 Å². The molecule has 0 saturated heterocycles. The van der Waals surface area contributed by atoms with E-state index in [9.17, 15) is 0 Å². The third-order valence-corrected chi connectivity index (χ3v) is 10.6. The van der Waals surface area contributed by atoms with Crippen LogP contribution in [0, 0.1) is 0 Å². The van der Waals surface area contributed by atoms with Gasteiger partial charge in [-0.1, -0.05) is 146 Å². The number of fused-ring (bicyclic) bond motifs is 12. The van der Waals surface area contributed by atoms with Crippen LogP contribution in [0.3, 0.4) is 0 Å². The molecule has 0 amide bonds. The van der Waals surface area contributed by atoms with Gasteiger partial charge in [0.05, 0.1) is 33.6 Å². The monoisotopic (exact) mass is 659 g/mol. The zero-order chi connectivity index (χ0) is 34.2. The molecule has 0 fully saturated rings. The quantitative estimate of drug-likeness (QED) is 0.177. The lowest BCUT2D eigenvalue weighted by Crippen LogP contribution is -1.92. The first kappa shape index (κ1) is 28.8. The highest BCUT2D eigenvalue weighted by Crippen LogP contribution is 2.38. The Morgan fingerprint density at radius 2 is 0.635 bits per heavy atom. The number of benzene rings is 8. The summed E-state index contributed by atoms with van der Waals surface area (Å²) in [5.41, 5.74) is 8.80. The molecule has 3 heterocycles. The Morgan fingerprint density at radius 1 is 0.231 bits per heavy atom. The summed E-state index contributed by atoms with van der Waals surface area (Å²) in [4.78, 5) is 15.7. The molecule has 0 unspecified atom stereocenters. The fourth-order valence-electron chi connectivity index (χ4n) is 8.01. The molecule has 0 aliphatic heterocycles. The third kappa shape index (κ3) is 4.50. The average molecular weight is 660 g/mol. The van der Waals surface area contributed by atoms with Crippen LogP contribution in [0.4, 0.5) is 0 Å². The average Bonchev–Trinajstić information content (AvgIpc) is 3.23. The topological polar surface area (TPSA) is 38.7 Å². The van der Waals surface area contributed by atoms with Crippen LogP contribution in [0.25, 0.3) is 110 Å². The first-order chi connectivity index (χ1) is 25.7. The standard InChI is InChI=1S/C49H29N3/c1-2-11-37-30(8-1)16-17-31-21-25-44(50-47(31)37)34-9-7-10-35(28-34)45-26-22-32-18-19-33-23-27-46(52-49(33)48(32)51-45)36-20-24-42-40-14-4-3-12-38(40)39-13-5-6-15-41(39)43(42)29-36/h1-29H. The largest absolute Gasteiger partial charge is 0.247 e. The van der Waals surface area contributed by atoms with Gasteiger partial charge in [-0.05, 0) is 68.0 Å². The molecule has 0 bridgehead atoms. The van der Waals surface area contributed by atoms with Crippen molar-refractivity contribution in [3.8, 4) is 33.8 Å². The summed E-state index contributed by atoms with van der Waals surface area (Å²) in [5, 5.41) is 13.2. The molecular formula is C49H29N3. The van der Waals surface area contributed by atoms with Crippen molar-refractivity contribution in [2.45, 2.75) is 0 Å². The highest BCUT2D eigenvalue weighted by molar-refractivity contribution is 6.25. The van der Waals surface area contributed by atoms with Crippen LogP contribution >= 0.6 is 0 Å². The molecule has 0 saturated carbocycles. The summed E-state index contributed by atoms with van der Waals surface area (Å²) in [5.74, 6) is 0. The maximum absolute atomic E-state index is 5.30. The maximum Gasteiger partial charge on any atom is 0.0972 e. The van der Waals surface area contributed by atoms with Gasteiger partial charge in [0, 0.05) is 38.2 Å². The summed E-state index contributed by atoms with van der Waals surface area (Å²) in [6.45, 7) is 0. The van der Waals surface area contributed by atoms with Crippen molar-refractivity contribution < 1.29 is 0 Å². The molecule has 8 aromatic carbocycles. The number of nitrogens with zero attached hydrogens (tertiary/aromatic N) is 3. The van der Waals surface area contributed by atoms with Crippen LogP contribution in [0.2, 0.25) is 0 Å². The smallest absolute Gasteiger partial charge is 0.0972 e. The fraction of sp³-hybridized carbons (Fsp3) is 0. The number of rotatable bonds is 3. The van der Waals surface area contributed by atoms with Crippen molar-refractivity contribution >= 4 is 75.8 Å². The lowest BCUT2D eigenvalue weighted by molar-refractivity contribution is 1.36. The molecule has 0 N–H and O–H groups in total. The minimum absolute atomic E-state index is 0.898. The molecule has 11 aromatic rings. The van der Waals surface area contributed by atoms with Crippen LogP contribution in [-0.4, -0.2) is 15.0 Å². The molecule has 52 heavy (non-hydrogen) atoms. The molecule has 240 valence electrons. The summed E-state index contributed by atoms with van der Waals surface area (Å²) in [7, 11) is 0. The Hall–Kier alpha value is -6.97. The molecule has 0 aliphatic rings. The Bertz CT molecular complexity index is 3220. The van der Waals surface area contributed by atoms with Gasteiger partial charge < -0.3 is 0 Å². The van der Waals surface area contributed by atoms with E-state index in [0.29, 0.717) is 0 Å². The van der Waals surface area contributed by atoms with Gasteiger partial charge in [-0.25, -0.2) is 15.0 Å². The van der Waals surface area contributed by atoms with E-state index in [4.69, 9.17) is 15.0 Å². The number of hydrogen-bond donors (Lipinski definition) is 0. The predicted molar refractivity (Wildman–Crippen MR) is 219 cm³/mol. The van der Waals surface area contributed by atoms with E-state index < -0.39 is 0 Å². The van der Waals surface area contributed by atoms with Crippen molar-refractivity contribution in [1.82, 2.24) is 15.0 Å². The van der Waals surface area contributed by atoms with E-state index in [1.807, 2.05) is 0 Å². The summed E-state index contributed by atoms with van der Waals surface area (Å²) >= 11 is 0. The first-order valence-electron chi connectivity index (χ1n) is 17.7.